The van der Waals surface area contributed by atoms with E-state index in [9.17, 15) is 9.90 Å². The molecule has 1 aromatic carbocycles. The molecule has 0 saturated heterocycles. The Bertz CT molecular complexity index is 667. The van der Waals surface area contributed by atoms with Gasteiger partial charge in [-0.25, -0.2) is 0 Å². The molecule has 0 aliphatic carbocycles. The third kappa shape index (κ3) is 20.3. The van der Waals surface area contributed by atoms with E-state index in [1.54, 1.807) is 0 Å². The second kappa shape index (κ2) is 26.9. The largest absolute Gasteiger partial charge is 0.481 e. The molecule has 2 heteroatoms. The Morgan fingerprint density at radius 2 is 0.897 bits per heavy atom. The van der Waals surface area contributed by atoms with E-state index < -0.39 is 5.97 Å². The minimum absolute atomic E-state index is 0.341. The van der Waals surface area contributed by atoms with Crippen LogP contribution in [0.3, 0.4) is 0 Å². The summed E-state index contributed by atoms with van der Waals surface area (Å²) in [5.74, 6) is -0.984. The fraction of sp³-hybridized carbons (Fsp3) is 0.811. The summed E-state index contributed by atoms with van der Waals surface area (Å²) in [6.07, 6.45) is 35.4. The van der Waals surface area contributed by atoms with Gasteiger partial charge >= 0.3 is 5.97 Å². The van der Waals surface area contributed by atoms with Crippen molar-refractivity contribution in [1.82, 2.24) is 0 Å². The number of carbonyl (C=O) groups is 1. The van der Waals surface area contributed by atoms with Crippen LogP contribution in [-0.2, 0) is 11.2 Å². The number of carboxylic acids is 1. The van der Waals surface area contributed by atoms with Crippen molar-refractivity contribution in [2.75, 3.05) is 0 Å². The van der Waals surface area contributed by atoms with Gasteiger partial charge in [-0.15, -0.1) is 0 Å². The molecule has 0 aliphatic heterocycles. The van der Waals surface area contributed by atoms with Gasteiger partial charge in [0.25, 0.3) is 0 Å². The number of unbranched alkanes of at least 4 members (excludes halogenated alkanes) is 23. The lowest BCUT2D eigenvalue weighted by Gasteiger charge is -2.17. The first-order valence-electron chi connectivity index (χ1n) is 17.5. The molecule has 0 bridgehead atoms. The standard InChI is InChI=1S/C37H66O2/c1-3-5-7-9-11-13-15-16-17-19-21-23-25-27-33-36(37(38)39)35-32-29-28-31-34(35)30-26-24-22-20-18-14-12-10-8-6-4-2/h28-29,31-32,36H,3-27,30,33H2,1-2H3,(H,38,39). The smallest absolute Gasteiger partial charge is 0.310 e. The third-order valence-electron chi connectivity index (χ3n) is 8.62. The topological polar surface area (TPSA) is 37.3 Å². The number of hydrogen-bond donors (Lipinski definition) is 1. The Morgan fingerprint density at radius 1 is 0.538 bits per heavy atom. The molecule has 0 fully saturated rings. The lowest BCUT2D eigenvalue weighted by atomic mass is 9.87. The molecular weight excluding hydrogens is 476 g/mol. The van der Waals surface area contributed by atoms with Crippen LogP contribution in [0.2, 0.25) is 0 Å². The normalized spacial score (nSPS) is 12.2. The molecule has 0 saturated carbocycles. The van der Waals surface area contributed by atoms with E-state index in [1.807, 2.05) is 6.07 Å². The molecule has 0 amide bonds. The summed E-state index contributed by atoms with van der Waals surface area (Å²) < 4.78 is 0. The summed E-state index contributed by atoms with van der Waals surface area (Å²) in [5, 5.41) is 10.0. The van der Waals surface area contributed by atoms with Gasteiger partial charge in [0.1, 0.15) is 0 Å². The Labute approximate surface area is 244 Å². The number of benzene rings is 1. The molecule has 0 heterocycles. The van der Waals surface area contributed by atoms with Crippen LogP contribution >= 0.6 is 0 Å². The minimum atomic E-state index is -0.643. The van der Waals surface area contributed by atoms with E-state index in [1.165, 1.54) is 160 Å². The summed E-state index contributed by atoms with van der Waals surface area (Å²) in [7, 11) is 0. The number of hydrogen-bond acceptors (Lipinski definition) is 1. The second-order valence-electron chi connectivity index (χ2n) is 12.3. The highest BCUT2D eigenvalue weighted by Gasteiger charge is 2.21. The summed E-state index contributed by atoms with van der Waals surface area (Å²) in [6, 6.07) is 8.37. The number of aliphatic carboxylic acids is 1. The summed E-state index contributed by atoms with van der Waals surface area (Å²) in [6.45, 7) is 4.56. The molecule has 1 atom stereocenters. The second-order valence-corrected chi connectivity index (χ2v) is 12.3. The van der Waals surface area contributed by atoms with E-state index in [-0.39, 0.29) is 5.92 Å². The average molecular weight is 543 g/mol. The Kier molecular flexibility index (Phi) is 24.6. The first-order chi connectivity index (χ1) is 19.2. The summed E-state index contributed by atoms with van der Waals surface area (Å²) >= 11 is 0. The lowest BCUT2D eigenvalue weighted by molar-refractivity contribution is -0.139. The van der Waals surface area contributed by atoms with Crippen molar-refractivity contribution in [3.63, 3.8) is 0 Å². The van der Waals surface area contributed by atoms with Crippen molar-refractivity contribution in [2.45, 2.75) is 193 Å². The van der Waals surface area contributed by atoms with Crippen molar-refractivity contribution < 1.29 is 9.90 Å². The van der Waals surface area contributed by atoms with Crippen molar-refractivity contribution in [2.24, 2.45) is 0 Å². The van der Waals surface area contributed by atoms with Gasteiger partial charge in [0.15, 0.2) is 0 Å². The maximum atomic E-state index is 12.2. The van der Waals surface area contributed by atoms with Gasteiger partial charge in [0, 0.05) is 0 Å². The van der Waals surface area contributed by atoms with E-state index in [0.29, 0.717) is 0 Å². The highest BCUT2D eigenvalue weighted by Crippen LogP contribution is 2.28. The first kappa shape index (κ1) is 35.7. The molecule has 0 aromatic heterocycles. The van der Waals surface area contributed by atoms with E-state index in [0.717, 1.165) is 24.8 Å². The zero-order valence-electron chi connectivity index (χ0n) is 26.3. The van der Waals surface area contributed by atoms with Gasteiger partial charge in [-0.3, -0.25) is 4.79 Å². The van der Waals surface area contributed by atoms with Crippen molar-refractivity contribution >= 4 is 5.97 Å². The highest BCUT2D eigenvalue weighted by atomic mass is 16.4. The summed E-state index contributed by atoms with van der Waals surface area (Å²) in [4.78, 5) is 12.2. The Balaban J connectivity index is 2.17. The lowest BCUT2D eigenvalue weighted by Crippen LogP contribution is -2.14. The van der Waals surface area contributed by atoms with Gasteiger partial charge in [0.2, 0.25) is 0 Å². The van der Waals surface area contributed by atoms with Crippen LogP contribution in [0.5, 0.6) is 0 Å². The molecule has 1 rings (SSSR count). The van der Waals surface area contributed by atoms with Gasteiger partial charge < -0.3 is 5.11 Å². The quantitative estimate of drug-likeness (QED) is 0.102. The molecule has 2 nitrogen and oxygen atoms in total. The zero-order chi connectivity index (χ0) is 28.2. The van der Waals surface area contributed by atoms with Gasteiger partial charge in [-0.2, -0.15) is 0 Å². The molecule has 226 valence electrons. The molecule has 39 heavy (non-hydrogen) atoms. The van der Waals surface area contributed by atoms with Crippen LogP contribution < -0.4 is 0 Å². The monoisotopic (exact) mass is 543 g/mol. The predicted octanol–water partition coefficient (Wildman–Crippen LogP) is 12.6. The maximum Gasteiger partial charge on any atom is 0.310 e. The van der Waals surface area contributed by atoms with E-state index >= 15 is 0 Å². The highest BCUT2D eigenvalue weighted by molar-refractivity contribution is 5.76. The van der Waals surface area contributed by atoms with Crippen LogP contribution in [0.1, 0.15) is 198 Å². The molecule has 1 unspecified atom stereocenters. The molecule has 0 aliphatic rings. The van der Waals surface area contributed by atoms with Gasteiger partial charge in [0.05, 0.1) is 5.92 Å². The molecule has 1 N–H and O–H groups in total. The molecule has 1 aromatic rings. The van der Waals surface area contributed by atoms with Crippen LogP contribution in [0.4, 0.5) is 0 Å². The Hall–Kier alpha value is -1.31. The van der Waals surface area contributed by atoms with Crippen LogP contribution in [-0.4, -0.2) is 11.1 Å². The SMILES string of the molecule is CCCCCCCCCCCCCCCCC(C(=O)O)c1ccccc1CCCCCCCCCCCCC. The van der Waals surface area contributed by atoms with Crippen LogP contribution in [0.25, 0.3) is 0 Å². The molecule has 0 radical (unpaired) electrons. The third-order valence-corrected chi connectivity index (χ3v) is 8.62. The number of aryl methyl sites for hydroxylation is 1. The van der Waals surface area contributed by atoms with Crippen molar-refractivity contribution in [3.05, 3.63) is 35.4 Å². The number of carboxylic acid groups (broad SMARTS) is 1. The van der Waals surface area contributed by atoms with E-state index in [4.69, 9.17) is 0 Å². The maximum absolute atomic E-state index is 12.2. The minimum Gasteiger partial charge on any atom is -0.481 e. The summed E-state index contributed by atoms with van der Waals surface area (Å²) in [5.41, 5.74) is 2.35. The fourth-order valence-corrected chi connectivity index (χ4v) is 6.04. The van der Waals surface area contributed by atoms with Crippen molar-refractivity contribution in [3.8, 4) is 0 Å². The molecule has 0 spiro atoms. The van der Waals surface area contributed by atoms with Gasteiger partial charge in [-0.05, 0) is 30.4 Å². The zero-order valence-corrected chi connectivity index (χ0v) is 26.3. The van der Waals surface area contributed by atoms with Crippen molar-refractivity contribution in [1.29, 1.82) is 0 Å². The van der Waals surface area contributed by atoms with E-state index in [2.05, 4.69) is 32.0 Å². The first-order valence-corrected chi connectivity index (χ1v) is 17.5. The predicted molar refractivity (Wildman–Crippen MR) is 172 cm³/mol. The fourth-order valence-electron chi connectivity index (χ4n) is 6.04. The van der Waals surface area contributed by atoms with Gasteiger partial charge in [-0.1, -0.05) is 192 Å². The van der Waals surface area contributed by atoms with Crippen LogP contribution in [0.15, 0.2) is 24.3 Å². The average Bonchev–Trinajstić information content (AvgIpc) is 2.94. The molecular formula is C37H66O2. The number of rotatable bonds is 29. The Morgan fingerprint density at radius 3 is 1.31 bits per heavy atom. The van der Waals surface area contributed by atoms with Crippen LogP contribution in [0, 0.1) is 0 Å².